The number of hydrogen-bond donors (Lipinski definition) is 2. The van der Waals surface area contributed by atoms with E-state index in [-0.39, 0.29) is 34.7 Å². The number of methoxy groups -OCH3 is 1. The van der Waals surface area contributed by atoms with Crippen LogP contribution in [-0.2, 0) is 16.2 Å². The van der Waals surface area contributed by atoms with Crippen molar-refractivity contribution >= 4 is 27.6 Å². The van der Waals surface area contributed by atoms with Crippen LogP contribution in [0.4, 0.5) is 24.9 Å². The van der Waals surface area contributed by atoms with Gasteiger partial charge in [-0.2, -0.15) is 18.2 Å². The van der Waals surface area contributed by atoms with E-state index in [0.717, 1.165) is 36.0 Å². The highest BCUT2D eigenvalue weighted by molar-refractivity contribution is 7.92. The Bertz CT molecular complexity index is 1120. The van der Waals surface area contributed by atoms with E-state index in [2.05, 4.69) is 15.3 Å². The van der Waals surface area contributed by atoms with Gasteiger partial charge in [0.2, 0.25) is 21.8 Å². The molecule has 1 aromatic heterocycles. The number of sulfonamides is 1. The van der Waals surface area contributed by atoms with Crippen LogP contribution in [0, 0.1) is 0 Å². The van der Waals surface area contributed by atoms with E-state index in [1.165, 1.54) is 0 Å². The van der Waals surface area contributed by atoms with Gasteiger partial charge in [-0.15, -0.1) is 0 Å². The molecule has 0 atom stereocenters. The SMILES string of the molecule is COc1cc(C(F)(F)F)ccc1C(=O)c1cnc(N(C2CCNCC2)S(C)(=O)=O)nc1N. The molecule has 3 rings (SSSR count). The third kappa shape index (κ3) is 4.93. The number of aromatic nitrogens is 2. The maximum atomic E-state index is 13.0. The molecule has 1 saturated heterocycles. The van der Waals surface area contributed by atoms with Crippen molar-refractivity contribution in [3.8, 4) is 5.75 Å². The second-order valence-corrected chi connectivity index (χ2v) is 9.11. The van der Waals surface area contributed by atoms with Crippen molar-refractivity contribution in [1.29, 1.82) is 0 Å². The molecule has 0 spiro atoms. The zero-order valence-corrected chi connectivity index (χ0v) is 18.1. The minimum atomic E-state index is -4.61. The van der Waals surface area contributed by atoms with Crippen LogP contribution in [0.25, 0.3) is 0 Å². The predicted molar refractivity (Wildman–Crippen MR) is 111 cm³/mol. The van der Waals surface area contributed by atoms with Crippen molar-refractivity contribution in [2.45, 2.75) is 25.1 Å². The van der Waals surface area contributed by atoms with Gasteiger partial charge in [0.15, 0.2) is 0 Å². The van der Waals surface area contributed by atoms with Crippen molar-refractivity contribution < 1.29 is 31.1 Å². The normalized spacial score (nSPS) is 15.4. The number of alkyl halides is 3. The lowest BCUT2D eigenvalue weighted by atomic mass is 10.0. The van der Waals surface area contributed by atoms with E-state index in [1.807, 2.05) is 0 Å². The quantitative estimate of drug-likeness (QED) is 0.609. The average molecular weight is 473 g/mol. The molecule has 1 aliphatic heterocycles. The lowest BCUT2D eigenvalue weighted by Crippen LogP contribution is -2.46. The smallest absolute Gasteiger partial charge is 0.416 e. The number of ether oxygens (including phenoxy) is 1. The maximum absolute atomic E-state index is 13.0. The molecule has 1 aromatic carbocycles. The molecular formula is C19H22F3N5O4S. The first kappa shape index (κ1) is 23.7. The zero-order chi connectivity index (χ0) is 23.7. The first-order chi connectivity index (χ1) is 14.9. The van der Waals surface area contributed by atoms with Crippen LogP contribution in [0.5, 0.6) is 5.75 Å². The number of nitrogen functional groups attached to an aromatic ring is 1. The molecule has 0 unspecified atom stereocenters. The number of carbonyl (C=O) groups is 1. The largest absolute Gasteiger partial charge is 0.496 e. The molecule has 32 heavy (non-hydrogen) atoms. The van der Waals surface area contributed by atoms with Crippen LogP contribution < -0.4 is 20.1 Å². The van der Waals surface area contributed by atoms with Crippen LogP contribution in [0.3, 0.4) is 0 Å². The lowest BCUT2D eigenvalue weighted by Gasteiger charge is -2.32. The highest BCUT2D eigenvalue weighted by Gasteiger charge is 2.33. The molecular weight excluding hydrogens is 451 g/mol. The summed E-state index contributed by atoms with van der Waals surface area (Å²) in [7, 11) is -2.60. The number of hydrogen-bond acceptors (Lipinski definition) is 8. The van der Waals surface area contributed by atoms with Crippen molar-refractivity contribution in [2.24, 2.45) is 0 Å². The Balaban J connectivity index is 1.98. The third-order valence-corrected chi connectivity index (χ3v) is 6.19. The summed E-state index contributed by atoms with van der Waals surface area (Å²) < 4.78 is 69.7. The van der Waals surface area contributed by atoms with Gasteiger partial charge < -0.3 is 15.8 Å². The minimum absolute atomic E-state index is 0.165. The highest BCUT2D eigenvalue weighted by atomic mass is 32.2. The molecule has 0 amide bonds. The average Bonchev–Trinajstić information content (AvgIpc) is 2.72. The Morgan fingerprint density at radius 2 is 1.91 bits per heavy atom. The molecule has 0 aliphatic carbocycles. The first-order valence-corrected chi connectivity index (χ1v) is 11.4. The van der Waals surface area contributed by atoms with Crippen LogP contribution in [0.2, 0.25) is 0 Å². The summed E-state index contributed by atoms with van der Waals surface area (Å²) in [5.74, 6) is -1.52. The number of piperidine rings is 1. The minimum Gasteiger partial charge on any atom is -0.496 e. The van der Waals surface area contributed by atoms with E-state index in [0.29, 0.717) is 32.0 Å². The van der Waals surface area contributed by atoms with Crippen LogP contribution >= 0.6 is 0 Å². The van der Waals surface area contributed by atoms with Gasteiger partial charge >= 0.3 is 6.18 Å². The van der Waals surface area contributed by atoms with Gasteiger partial charge in [-0.25, -0.2) is 17.7 Å². The fourth-order valence-corrected chi connectivity index (χ4v) is 4.63. The molecule has 2 heterocycles. The Hall–Kier alpha value is -2.93. The lowest BCUT2D eigenvalue weighted by molar-refractivity contribution is -0.137. The summed E-state index contributed by atoms with van der Waals surface area (Å²) in [5, 5.41) is 3.14. The van der Waals surface area contributed by atoms with Gasteiger partial charge in [-0.1, -0.05) is 0 Å². The Morgan fingerprint density at radius 3 is 2.44 bits per heavy atom. The molecule has 9 nitrogen and oxygen atoms in total. The van der Waals surface area contributed by atoms with Gasteiger partial charge in [0.25, 0.3) is 0 Å². The van der Waals surface area contributed by atoms with Crippen LogP contribution in [0.15, 0.2) is 24.4 Å². The fraction of sp³-hybridized carbons (Fsp3) is 0.421. The standard InChI is InChI=1S/C19H22F3N5O4S/c1-31-15-9-11(19(20,21)22)3-4-13(15)16(28)14-10-25-18(26-17(14)23)27(32(2,29)30)12-5-7-24-8-6-12/h3-4,9-10,12,24H,5-8H2,1-2H3,(H2,23,25,26). The molecule has 3 N–H and O–H groups in total. The maximum Gasteiger partial charge on any atom is 0.416 e. The predicted octanol–water partition coefficient (Wildman–Crippen LogP) is 1.84. The summed E-state index contributed by atoms with van der Waals surface area (Å²) >= 11 is 0. The molecule has 0 bridgehead atoms. The summed E-state index contributed by atoms with van der Waals surface area (Å²) in [6.45, 7) is 1.24. The van der Waals surface area contributed by atoms with Crippen molar-refractivity contribution in [1.82, 2.24) is 15.3 Å². The molecule has 1 aliphatic rings. The second-order valence-electron chi connectivity index (χ2n) is 7.25. The zero-order valence-electron chi connectivity index (χ0n) is 17.3. The monoisotopic (exact) mass is 473 g/mol. The molecule has 13 heteroatoms. The van der Waals surface area contributed by atoms with Gasteiger partial charge in [-0.05, 0) is 44.1 Å². The number of carbonyl (C=O) groups excluding carboxylic acids is 1. The van der Waals surface area contributed by atoms with Gasteiger partial charge in [-0.3, -0.25) is 4.79 Å². The van der Waals surface area contributed by atoms with Gasteiger partial charge in [0, 0.05) is 6.20 Å². The molecule has 0 radical (unpaired) electrons. The number of nitrogens with two attached hydrogens (primary N) is 1. The molecule has 2 aromatic rings. The van der Waals surface area contributed by atoms with E-state index < -0.39 is 27.5 Å². The van der Waals surface area contributed by atoms with Crippen LogP contribution in [-0.4, -0.2) is 56.7 Å². The van der Waals surface area contributed by atoms with E-state index in [9.17, 15) is 26.4 Å². The summed E-state index contributed by atoms with van der Waals surface area (Å²) in [6, 6.07) is 2.07. The number of nitrogens with one attached hydrogen (secondary N) is 1. The van der Waals surface area contributed by atoms with Crippen LogP contribution in [0.1, 0.15) is 34.3 Å². The van der Waals surface area contributed by atoms with Crippen molar-refractivity contribution in [3.05, 3.63) is 41.1 Å². The Morgan fingerprint density at radius 1 is 1.25 bits per heavy atom. The van der Waals surface area contributed by atoms with E-state index in [1.54, 1.807) is 0 Å². The molecule has 0 saturated carbocycles. The number of halogens is 3. The Kier molecular flexibility index (Phi) is 6.60. The van der Waals surface area contributed by atoms with Gasteiger partial charge in [0.05, 0.1) is 36.1 Å². The third-order valence-electron chi connectivity index (χ3n) is 5.02. The topological polar surface area (TPSA) is 128 Å². The fourth-order valence-electron chi connectivity index (χ4n) is 3.49. The van der Waals surface area contributed by atoms with E-state index >= 15 is 0 Å². The molecule has 174 valence electrons. The second kappa shape index (κ2) is 8.90. The number of ketones is 1. The van der Waals surface area contributed by atoms with Crippen molar-refractivity contribution in [2.75, 3.05) is 36.5 Å². The van der Waals surface area contributed by atoms with E-state index in [4.69, 9.17) is 10.5 Å². The summed E-state index contributed by atoms with van der Waals surface area (Å²) in [5.41, 5.74) is 4.60. The Labute approximate surface area is 182 Å². The number of nitrogens with zero attached hydrogens (tertiary/aromatic N) is 3. The molecule has 1 fully saturated rings. The first-order valence-electron chi connectivity index (χ1n) is 9.56. The summed E-state index contributed by atoms with van der Waals surface area (Å²) in [4.78, 5) is 21.0. The highest BCUT2D eigenvalue weighted by Crippen LogP contribution is 2.34. The van der Waals surface area contributed by atoms with Crippen molar-refractivity contribution in [3.63, 3.8) is 0 Å². The van der Waals surface area contributed by atoms with Gasteiger partial charge in [0.1, 0.15) is 11.6 Å². The number of rotatable bonds is 6. The number of benzene rings is 1. The number of anilines is 2. The summed E-state index contributed by atoms with van der Waals surface area (Å²) in [6.07, 6.45) is -1.43.